The molecule has 3 heteroatoms. The van der Waals surface area contributed by atoms with E-state index in [1.54, 1.807) is 0 Å². The number of carboxylic acids is 1. The van der Waals surface area contributed by atoms with Gasteiger partial charge in [-0.25, -0.2) is 0 Å². The van der Waals surface area contributed by atoms with Gasteiger partial charge >= 0.3 is 5.97 Å². The summed E-state index contributed by atoms with van der Waals surface area (Å²) in [4.78, 5) is 13.7. The average Bonchev–Trinajstić information content (AvgIpc) is 2.43. The fraction of sp³-hybridized carbons (Fsp3) is 0.929. The summed E-state index contributed by atoms with van der Waals surface area (Å²) in [7, 11) is 0. The Morgan fingerprint density at radius 1 is 1.18 bits per heavy atom. The summed E-state index contributed by atoms with van der Waals surface area (Å²) in [6.07, 6.45) is 5.81. The Hall–Kier alpha value is -0.570. The molecule has 0 saturated carbocycles. The molecule has 1 fully saturated rings. The number of nitrogens with zero attached hydrogens (tertiary/aromatic N) is 1. The molecule has 0 aromatic carbocycles. The minimum atomic E-state index is -0.635. The van der Waals surface area contributed by atoms with Crippen LogP contribution in [0, 0.1) is 11.3 Å². The van der Waals surface area contributed by atoms with Crippen LogP contribution in [0.5, 0.6) is 0 Å². The molecule has 0 aromatic rings. The molecule has 1 saturated heterocycles. The fourth-order valence-corrected chi connectivity index (χ4v) is 2.60. The Morgan fingerprint density at radius 3 is 2.12 bits per heavy atom. The summed E-state index contributed by atoms with van der Waals surface area (Å²) < 4.78 is 0. The van der Waals surface area contributed by atoms with Gasteiger partial charge in [-0.15, -0.1) is 0 Å². The number of aliphatic carboxylic acids is 1. The maximum atomic E-state index is 11.3. The van der Waals surface area contributed by atoms with Crippen molar-refractivity contribution in [2.75, 3.05) is 19.6 Å². The Morgan fingerprint density at radius 2 is 1.71 bits per heavy atom. The second-order valence-corrected chi connectivity index (χ2v) is 6.51. The number of hydrogen-bond acceptors (Lipinski definition) is 2. The zero-order valence-corrected chi connectivity index (χ0v) is 11.5. The maximum absolute atomic E-state index is 11.3. The van der Waals surface area contributed by atoms with Crippen LogP contribution in [0.1, 0.15) is 52.9 Å². The summed E-state index contributed by atoms with van der Waals surface area (Å²) >= 11 is 0. The van der Waals surface area contributed by atoms with Gasteiger partial charge in [0.1, 0.15) is 0 Å². The Bertz CT molecular complexity index is 237. The molecule has 1 heterocycles. The van der Waals surface area contributed by atoms with Gasteiger partial charge in [-0.2, -0.15) is 0 Å². The number of likely N-dealkylation sites (tertiary alicyclic amines) is 1. The molecule has 100 valence electrons. The number of rotatable bonds is 4. The lowest BCUT2D eigenvalue weighted by Crippen LogP contribution is -2.35. The first-order valence-corrected chi connectivity index (χ1v) is 6.84. The Balaban J connectivity index is 2.50. The van der Waals surface area contributed by atoms with E-state index in [2.05, 4.69) is 25.7 Å². The van der Waals surface area contributed by atoms with E-state index in [1.165, 1.54) is 25.7 Å². The number of hydrogen-bond donors (Lipinski definition) is 1. The zero-order chi connectivity index (χ0) is 12.9. The van der Waals surface area contributed by atoms with E-state index in [0.717, 1.165) is 26.1 Å². The van der Waals surface area contributed by atoms with Gasteiger partial charge in [-0.1, -0.05) is 33.6 Å². The standard InChI is InChI=1S/C14H27NO2/c1-14(2,3)10-12(13(16)17)11-15-8-6-4-5-7-9-15/h12H,4-11H2,1-3H3,(H,16,17). The predicted molar refractivity (Wildman–Crippen MR) is 70.1 cm³/mol. The summed E-state index contributed by atoms with van der Waals surface area (Å²) in [6, 6.07) is 0. The van der Waals surface area contributed by atoms with Crippen molar-refractivity contribution in [2.45, 2.75) is 52.9 Å². The van der Waals surface area contributed by atoms with E-state index in [1.807, 2.05) is 0 Å². The molecule has 1 unspecified atom stereocenters. The Labute approximate surface area is 105 Å². The maximum Gasteiger partial charge on any atom is 0.307 e. The van der Waals surface area contributed by atoms with E-state index in [-0.39, 0.29) is 11.3 Å². The topological polar surface area (TPSA) is 40.5 Å². The lowest BCUT2D eigenvalue weighted by molar-refractivity contribution is -0.143. The quantitative estimate of drug-likeness (QED) is 0.822. The lowest BCUT2D eigenvalue weighted by Gasteiger charge is -2.28. The monoisotopic (exact) mass is 241 g/mol. The molecule has 0 bridgehead atoms. The third kappa shape index (κ3) is 6.06. The molecule has 0 aromatic heterocycles. The van der Waals surface area contributed by atoms with Crippen molar-refractivity contribution in [1.82, 2.24) is 4.90 Å². The number of carboxylic acid groups (broad SMARTS) is 1. The molecule has 1 aliphatic rings. The highest BCUT2D eigenvalue weighted by atomic mass is 16.4. The van der Waals surface area contributed by atoms with E-state index < -0.39 is 5.97 Å². The van der Waals surface area contributed by atoms with Crippen molar-refractivity contribution >= 4 is 5.97 Å². The van der Waals surface area contributed by atoms with Crippen molar-refractivity contribution in [3.8, 4) is 0 Å². The van der Waals surface area contributed by atoms with Crippen LogP contribution in [0.2, 0.25) is 0 Å². The molecule has 17 heavy (non-hydrogen) atoms. The van der Waals surface area contributed by atoms with Crippen molar-refractivity contribution < 1.29 is 9.90 Å². The van der Waals surface area contributed by atoms with Gasteiger partial charge in [0.25, 0.3) is 0 Å². The van der Waals surface area contributed by atoms with Crippen LogP contribution in [0.15, 0.2) is 0 Å². The van der Waals surface area contributed by atoms with Gasteiger partial charge in [0, 0.05) is 6.54 Å². The molecule has 1 rings (SSSR count). The molecule has 0 aliphatic carbocycles. The van der Waals surface area contributed by atoms with Crippen LogP contribution in [0.3, 0.4) is 0 Å². The van der Waals surface area contributed by atoms with E-state index in [0.29, 0.717) is 0 Å². The van der Waals surface area contributed by atoms with Gasteiger partial charge in [0.05, 0.1) is 5.92 Å². The molecule has 1 atom stereocenters. The second-order valence-electron chi connectivity index (χ2n) is 6.51. The minimum Gasteiger partial charge on any atom is -0.481 e. The first-order chi connectivity index (χ1) is 7.88. The highest BCUT2D eigenvalue weighted by Gasteiger charge is 2.26. The van der Waals surface area contributed by atoms with E-state index in [9.17, 15) is 9.90 Å². The smallest absolute Gasteiger partial charge is 0.307 e. The van der Waals surface area contributed by atoms with Crippen LogP contribution < -0.4 is 0 Å². The summed E-state index contributed by atoms with van der Waals surface area (Å²) in [5, 5.41) is 9.31. The van der Waals surface area contributed by atoms with Crippen molar-refractivity contribution in [3.05, 3.63) is 0 Å². The molecule has 0 radical (unpaired) electrons. The normalized spacial score (nSPS) is 20.9. The minimum absolute atomic E-state index is 0.0922. The molecular weight excluding hydrogens is 214 g/mol. The van der Waals surface area contributed by atoms with Crippen molar-refractivity contribution in [3.63, 3.8) is 0 Å². The van der Waals surface area contributed by atoms with E-state index >= 15 is 0 Å². The zero-order valence-electron chi connectivity index (χ0n) is 11.5. The predicted octanol–water partition coefficient (Wildman–Crippen LogP) is 3.00. The van der Waals surface area contributed by atoms with Gasteiger partial charge in [0.2, 0.25) is 0 Å². The fourth-order valence-electron chi connectivity index (χ4n) is 2.60. The average molecular weight is 241 g/mol. The highest BCUT2D eigenvalue weighted by molar-refractivity contribution is 5.70. The van der Waals surface area contributed by atoms with Crippen LogP contribution in [-0.2, 0) is 4.79 Å². The molecule has 0 amide bonds. The lowest BCUT2D eigenvalue weighted by atomic mass is 9.84. The van der Waals surface area contributed by atoms with Crippen LogP contribution >= 0.6 is 0 Å². The third-order valence-corrected chi connectivity index (χ3v) is 3.39. The van der Waals surface area contributed by atoms with Crippen LogP contribution in [-0.4, -0.2) is 35.6 Å². The molecular formula is C14H27NO2. The van der Waals surface area contributed by atoms with Gasteiger partial charge in [-0.3, -0.25) is 4.79 Å². The molecule has 3 nitrogen and oxygen atoms in total. The second kappa shape index (κ2) is 6.39. The van der Waals surface area contributed by atoms with Gasteiger partial charge in [-0.05, 0) is 37.8 Å². The SMILES string of the molecule is CC(C)(C)CC(CN1CCCCCC1)C(=O)O. The summed E-state index contributed by atoms with van der Waals surface area (Å²) in [6.45, 7) is 9.23. The highest BCUT2D eigenvalue weighted by Crippen LogP contribution is 2.25. The van der Waals surface area contributed by atoms with Crippen molar-refractivity contribution in [1.29, 1.82) is 0 Å². The summed E-state index contributed by atoms with van der Waals surface area (Å²) in [5.41, 5.74) is 0.0922. The van der Waals surface area contributed by atoms with Gasteiger partial charge < -0.3 is 10.0 Å². The molecule has 1 N–H and O–H groups in total. The van der Waals surface area contributed by atoms with E-state index in [4.69, 9.17) is 0 Å². The molecule has 0 spiro atoms. The Kier molecular flexibility index (Phi) is 5.44. The third-order valence-electron chi connectivity index (χ3n) is 3.39. The number of carbonyl (C=O) groups is 1. The molecule has 1 aliphatic heterocycles. The largest absolute Gasteiger partial charge is 0.481 e. The van der Waals surface area contributed by atoms with Crippen LogP contribution in [0.25, 0.3) is 0 Å². The summed E-state index contributed by atoms with van der Waals surface area (Å²) in [5.74, 6) is -0.850. The van der Waals surface area contributed by atoms with Crippen LogP contribution in [0.4, 0.5) is 0 Å². The van der Waals surface area contributed by atoms with Crippen molar-refractivity contribution in [2.24, 2.45) is 11.3 Å². The van der Waals surface area contributed by atoms with Gasteiger partial charge in [0.15, 0.2) is 0 Å². The first kappa shape index (κ1) is 14.5. The first-order valence-electron chi connectivity index (χ1n) is 6.84.